The molecule has 0 aliphatic heterocycles. The summed E-state index contributed by atoms with van der Waals surface area (Å²) in [5.41, 5.74) is 2.66. The zero-order valence-corrected chi connectivity index (χ0v) is 10.7. The van der Waals surface area contributed by atoms with Gasteiger partial charge in [-0.15, -0.1) is 0 Å². The first-order chi connectivity index (χ1) is 9.50. The highest BCUT2D eigenvalue weighted by Crippen LogP contribution is 2.31. The van der Waals surface area contributed by atoms with Crippen LogP contribution in [0.25, 0.3) is 11.3 Å². The summed E-state index contributed by atoms with van der Waals surface area (Å²) in [6, 6.07) is 8.22. The smallest absolute Gasteiger partial charge is 0.416 e. The molecule has 0 bridgehead atoms. The molecule has 0 atom stereocenters. The van der Waals surface area contributed by atoms with Crippen LogP contribution in [0.4, 0.5) is 13.2 Å². The van der Waals surface area contributed by atoms with Gasteiger partial charge in [-0.3, -0.25) is 0 Å². The first-order valence-corrected chi connectivity index (χ1v) is 6.04. The minimum absolute atomic E-state index is 0.497. The number of hydrazone groups is 1. The standard InChI is InChI=1S/C14H13F3N2O/c1-2-18-19-9-12-7-8-13(20-12)10-3-5-11(6-4-10)14(15,16)17/h3-9,18H,2H2,1H3/b19-9+. The molecule has 1 heterocycles. The quantitative estimate of drug-likeness (QED) is 0.682. The summed E-state index contributed by atoms with van der Waals surface area (Å²) >= 11 is 0. The molecule has 0 saturated carbocycles. The topological polar surface area (TPSA) is 37.5 Å². The van der Waals surface area contributed by atoms with Gasteiger partial charge >= 0.3 is 6.18 Å². The minimum Gasteiger partial charge on any atom is -0.455 e. The number of halogens is 3. The van der Waals surface area contributed by atoms with Gasteiger partial charge in [-0.2, -0.15) is 18.3 Å². The van der Waals surface area contributed by atoms with Gasteiger partial charge in [0, 0.05) is 12.1 Å². The molecule has 0 amide bonds. The molecule has 0 unspecified atom stereocenters. The molecule has 0 aliphatic rings. The molecule has 3 nitrogen and oxygen atoms in total. The lowest BCUT2D eigenvalue weighted by molar-refractivity contribution is -0.137. The molecule has 0 radical (unpaired) electrons. The van der Waals surface area contributed by atoms with Crippen LogP contribution in [0.2, 0.25) is 0 Å². The summed E-state index contributed by atoms with van der Waals surface area (Å²) < 4.78 is 42.8. The number of hydrogen-bond acceptors (Lipinski definition) is 3. The fraction of sp³-hybridized carbons (Fsp3) is 0.214. The number of alkyl halides is 3. The first-order valence-electron chi connectivity index (χ1n) is 6.04. The lowest BCUT2D eigenvalue weighted by atomic mass is 10.1. The van der Waals surface area contributed by atoms with Crippen LogP contribution in [-0.2, 0) is 6.18 Å². The van der Waals surface area contributed by atoms with Crippen LogP contribution in [-0.4, -0.2) is 12.8 Å². The molecule has 106 valence electrons. The van der Waals surface area contributed by atoms with Crippen molar-refractivity contribution in [2.45, 2.75) is 13.1 Å². The van der Waals surface area contributed by atoms with E-state index in [1.165, 1.54) is 18.3 Å². The van der Waals surface area contributed by atoms with E-state index in [2.05, 4.69) is 10.5 Å². The van der Waals surface area contributed by atoms with E-state index in [0.717, 1.165) is 12.1 Å². The van der Waals surface area contributed by atoms with Gasteiger partial charge in [0.15, 0.2) is 0 Å². The molecule has 0 spiro atoms. The van der Waals surface area contributed by atoms with Crippen LogP contribution in [0.1, 0.15) is 18.2 Å². The minimum atomic E-state index is -4.33. The Kier molecular flexibility index (Phi) is 4.12. The molecule has 0 aliphatic carbocycles. The summed E-state index contributed by atoms with van der Waals surface area (Å²) in [6.45, 7) is 2.61. The highest BCUT2D eigenvalue weighted by Gasteiger charge is 2.30. The number of nitrogens with one attached hydrogen (secondary N) is 1. The molecule has 1 aromatic carbocycles. The normalized spacial score (nSPS) is 12.0. The van der Waals surface area contributed by atoms with E-state index in [9.17, 15) is 13.2 Å². The molecule has 0 fully saturated rings. The van der Waals surface area contributed by atoms with Gasteiger partial charge in [0.05, 0.1) is 11.8 Å². The van der Waals surface area contributed by atoms with Crippen LogP contribution in [0.5, 0.6) is 0 Å². The van der Waals surface area contributed by atoms with Gasteiger partial charge in [0.25, 0.3) is 0 Å². The Morgan fingerprint density at radius 1 is 1.15 bits per heavy atom. The fourth-order valence-corrected chi connectivity index (χ4v) is 1.60. The number of furan rings is 1. The third-order valence-electron chi connectivity index (χ3n) is 2.56. The van der Waals surface area contributed by atoms with E-state index < -0.39 is 11.7 Å². The second-order valence-electron chi connectivity index (χ2n) is 4.05. The monoisotopic (exact) mass is 282 g/mol. The highest BCUT2D eigenvalue weighted by atomic mass is 19.4. The van der Waals surface area contributed by atoms with Crippen LogP contribution < -0.4 is 5.43 Å². The van der Waals surface area contributed by atoms with Gasteiger partial charge in [-0.05, 0) is 31.2 Å². The van der Waals surface area contributed by atoms with Crippen molar-refractivity contribution >= 4 is 6.21 Å². The second kappa shape index (κ2) is 5.81. The number of benzene rings is 1. The maximum Gasteiger partial charge on any atom is 0.416 e. The Hall–Kier alpha value is -2.24. The maximum absolute atomic E-state index is 12.5. The number of hydrogen-bond donors (Lipinski definition) is 1. The molecule has 2 rings (SSSR count). The van der Waals surface area contributed by atoms with Crippen molar-refractivity contribution in [3.05, 3.63) is 47.7 Å². The van der Waals surface area contributed by atoms with Gasteiger partial charge in [0.2, 0.25) is 0 Å². The number of rotatable bonds is 4. The van der Waals surface area contributed by atoms with Crippen molar-refractivity contribution in [3.8, 4) is 11.3 Å². The Labute approximate surface area is 114 Å². The fourth-order valence-electron chi connectivity index (χ4n) is 1.60. The van der Waals surface area contributed by atoms with Crippen molar-refractivity contribution < 1.29 is 17.6 Å². The Morgan fingerprint density at radius 3 is 2.45 bits per heavy atom. The SMILES string of the molecule is CCN/N=C/c1ccc(-c2ccc(C(F)(F)F)cc2)o1. The number of nitrogens with zero attached hydrogens (tertiary/aromatic N) is 1. The summed E-state index contributed by atoms with van der Waals surface area (Å²) in [7, 11) is 0. The van der Waals surface area contributed by atoms with Gasteiger partial charge in [-0.25, -0.2) is 0 Å². The van der Waals surface area contributed by atoms with Gasteiger partial charge in [-0.1, -0.05) is 12.1 Å². The van der Waals surface area contributed by atoms with Crippen LogP contribution in [0.3, 0.4) is 0 Å². The second-order valence-corrected chi connectivity index (χ2v) is 4.05. The Bertz CT molecular complexity index is 585. The predicted octanol–water partition coefficient (Wildman–Crippen LogP) is 3.91. The van der Waals surface area contributed by atoms with Crippen molar-refractivity contribution in [2.75, 3.05) is 6.54 Å². The molecule has 6 heteroatoms. The van der Waals surface area contributed by atoms with E-state index in [0.29, 0.717) is 23.6 Å². The molecule has 20 heavy (non-hydrogen) atoms. The summed E-state index contributed by atoms with van der Waals surface area (Å²) in [5.74, 6) is 1.03. The van der Waals surface area contributed by atoms with E-state index in [4.69, 9.17) is 4.42 Å². The predicted molar refractivity (Wildman–Crippen MR) is 70.4 cm³/mol. The molecular weight excluding hydrogens is 269 g/mol. The molecule has 1 N–H and O–H groups in total. The molecule has 1 aromatic heterocycles. The highest BCUT2D eigenvalue weighted by molar-refractivity contribution is 5.77. The lowest BCUT2D eigenvalue weighted by Crippen LogP contribution is -2.03. The third-order valence-corrected chi connectivity index (χ3v) is 2.56. The molecule has 2 aromatic rings. The van der Waals surface area contributed by atoms with E-state index in [-0.39, 0.29) is 0 Å². The van der Waals surface area contributed by atoms with E-state index in [1.54, 1.807) is 12.1 Å². The average Bonchev–Trinajstić information content (AvgIpc) is 2.87. The summed E-state index contributed by atoms with van der Waals surface area (Å²) in [6.07, 6.45) is -2.82. The van der Waals surface area contributed by atoms with E-state index >= 15 is 0 Å². The van der Waals surface area contributed by atoms with Gasteiger partial charge in [0.1, 0.15) is 11.5 Å². The Balaban J connectivity index is 2.16. The van der Waals surface area contributed by atoms with Crippen molar-refractivity contribution in [1.82, 2.24) is 5.43 Å². The summed E-state index contributed by atoms with van der Waals surface area (Å²) in [4.78, 5) is 0. The zero-order valence-electron chi connectivity index (χ0n) is 10.7. The largest absolute Gasteiger partial charge is 0.455 e. The first kappa shape index (κ1) is 14.2. The van der Waals surface area contributed by atoms with Crippen molar-refractivity contribution in [3.63, 3.8) is 0 Å². The van der Waals surface area contributed by atoms with E-state index in [1.807, 2.05) is 6.92 Å². The van der Waals surface area contributed by atoms with Crippen LogP contribution >= 0.6 is 0 Å². The maximum atomic E-state index is 12.5. The Morgan fingerprint density at radius 2 is 1.85 bits per heavy atom. The van der Waals surface area contributed by atoms with Crippen molar-refractivity contribution in [2.24, 2.45) is 5.10 Å². The third kappa shape index (κ3) is 3.40. The van der Waals surface area contributed by atoms with Crippen LogP contribution in [0, 0.1) is 0 Å². The van der Waals surface area contributed by atoms with Crippen molar-refractivity contribution in [1.29, 1.82) is 0 Å². The van der Waals surface area contributed by atoms with Crippen LogP contribution in [0.15, 0.2) is 45.9 Å². The molecule has 0 saturated heterocycles. The van der Waals surface area contributed by atoms with Gasteiger partial charge < -0.3 is 9.84 Å². The zero-order chi connectivity index (χ0) is 14.6. The average molecular weight is 282 g/mol. The molecular formula is C14H13F3N2O. The lowest BCUT2D eigenvalue weighted by Gasteiger charge is -2.06. The summed E-state index contributed by atoms with van der Waals surface area (Å²) in [5, 5.41) is 3.90.